The van der Waals surface area contributed by atoms with Crippen LogP contribution in [0.1, 0.15) is 23.6 Å². The summed E-state index contributed by atoms with van der Waals surface area (Å²) in [5.41, 5.74) is -0.372. The zero-order chi connectivity index (χ0) is 23.5. The second-order valence-corrected chi connectivity index (χ2v) is 7.51. The molecule has 1 fully saturated rings. The van der Waals surface area contributed by atoms with E-state index in [-0.39, 0.29) is 29.0 Å². The van der Waals surface area contributed by atoms with Crippen molar-refractivity contribution >= 4 is 17.4 Å². The fraction of sp³-hybridized carbons (Fsp3) is 0.208. The Bertz CT molecular complexity index is 1220. The highest BCUT2D eigenvalue weighted by atomic mass is 19.1. The van der Waals surface area contributed by atoms with Crippen molar-refractivity contribution < 1.29 is 28.2 Å². The number of carbonyl (C=O) groups is 2. The predicted molar refractivity (Wildman–Crippen MR) is 115 cm³/mol. The van der Waals surface area contributed by atoms with E-state index in [1.165, 1.54) is 36.3 Å². The number of aryl methyl sites for hydroxylation is 1. The maximum absolute atomic E-state index is 14.8. The number of aliphatic hydroxyl groups excluding tert-OH is 1. The number of nitrogens with zero attached hydrogens (tertiary/aromatic N) is 3. The Morgan fingerprint density at radius 2 is 1.94 bits per heavy atom. The number of imidazole rings is 1. The van der Waals surface area contributed by atoms with E-state index in [1.807, 2.05) is 4.57 Å². The number of methoxy groups -OCH3 is 1. The summed E-state index contributed by atoms with van der Waals surface area (Å²) in [5.74, 6) is -3.68. The smallest absolute Gasteiger partial charge is 0.295 e. The molecule has 1 amide bonds. The zero-order valence-electron chi connectivity index (χ0n) is 17.7. The minimum Gasteiger partial charge on any atom is -0.507 e. The molecule has 0 bridgehead atoms. The number of aliphatic hydroxyl groups is 1. The number of carbonyl (C=O) groups excluding carboxylic acids is 2. The Morgan fingerprint density at radius 1 is 1.15 bits per heavy atom. The van der Waals surface area contributed by atoms with Gasteiger partial charge in [0.1, 0.15) is 23.1 Å². The molecule has 1 N–H and O–H groups in total. The van der Waals surface area contributed by atoms with Gasteiger partial charge in [0, 0.05) is 31.0 Å². The van der Waals surface area contributed by atoms with Crippen molar-refractivity contribution in [3.63, 3.8) is 0 Å². The number of amides is 1. The van der Waals surface area contributed by atoms with Gasteiger partial charge >= 0.3 is 0 Å². The van der Waals surface area contributed by atoms with E-state index in [4.69, 9.17) is 4.74 Å². The van der Waals surface area contributed by atoms with Crippen LogP contribution < -0.4 is 4.74 Å². The van der Waals surface area contributed by atoms with Crippen molar-refractivity contribution in [2.24, 2.45) is 0 Å². The fourth-order valence-electron chi connectivity index (χ4n) is 3.98. The number of halogens is 2. The van der Waals surface area contributed by atoms with Gasteiger partial charge < -0.3 is 19.3 Å². The van der Waals surface area contributed by atoms with Crippen LogP contribution in [0.2, 0.25) is 0 Å². The first-order valence-electron chi connectivity index (χ1n) is 10.2. The van der Waals surface area contributed by atoms with Gasteiger partial charge in [-0.25, -0.2) is 13.8 Å². The van der Waals surface area contributed by atoms with Gasteiger partial charge in [0.15, 0.2) is 0 Å². The summed E-state index contributed by atoms with van der Waals surface area (Å²) in [6.45, 7) is 0.642. The van der Waals surface area contributed by atoms with E-state index in [9.17, 15) is 23.5 Å². The summed E-state index contributed by atoms with van der Waals surface area (Å²) in [6, 6.07) is 7.98. The molecule has 3 aromatic rings. The lowest BCUT2D eigenvalue weighted by Crippen LogP contribution is -2.31. The average molecular weight is 453 g/mol. The highest BCUT2D eigenvalue weighted by Crippen LogP contribution is 2.41. The predicted octanol–water partition coefficient (Wildman–Crippen LogP) is 3.68. The summed E-state index contributed by atoms with van der Waals surface area (Å²) in [7, 11) is 1.33. The molecule has 0 saturated carbocycles. The van der Waals surface area contributed by atoms with Crippen LogP contribution in [0.15, 0.2) is 66.8 Å². The first-order chi connectivity index (χ1) is 15.9. The summed E-state index contributed by atoms with van der Waals surface area (Å²) in [4.78, 5) is 31.2. The van der Waals surface area contributed by atoms with Crippen molar-refractivity contribution in [2.75, 3.05) is 13.7 Å². The monoisotopic (exact) mass is 453 g/mol. The number of rotatable bonds is 7. The van der Waals surface area contributed by atoms with Crippen LogP contribution in [-0.4, -0.2) is 44.9 Å². The van der Waals surface area contributed by atoms with Crippen molar-refractivity contribution in [1.29, 1.82) is 0 Å². The Hall–Kier alpha value is -4.01. The normalized spacial score (nSPS) is 17.5. The topological polar surface area (TPSA) is 84.7 Å². The standard InChI is InChI=1S/C24H21F2N3O4/c1-33-19-8-7-15(25)13-17(19)22(30)20-21(16-5-2-3-6-18(16)26)29(24(32)23(20)31)11-4-10-28-12-9-27-14-28/h2-3,5-9,12-14,21,30H,4,10-11H2,1H3/b22-20+. The van der Waals surface area contributed by atoms with E-state index in [2.05, 4.69) is 4.98 Å². The Kier molecular flexibility index (Phi) is 6.21. The van der Waals surface area contributed by atoms with Crippen LogP contribution in [-0.2, 0) is 16.1 Å². The molecule has 1 aliphatic rings. The van der Waals surface area contributed by atoms with E-state index in [0.717, 1.165) is 12.1 Å². The number of aromatic nitrogens is 2. The summed E-state index contributed by atoms with van der Waals surface area (Å²) >= 11 is 0. The number of hydrogen-bond donors (Lipinski definition) is 1. The van der Waals surface area contributed by atoms with E-state index in [1.54, 1.807) is 24.8 Å². The van der Waals surface area contributed by atoms with Gasteiger partial charge in [-0.05, 0) is 30.7 Å². The van der Waals surface area contributed by atoms with Crippen LogP contribution in [0, 0.1) is 11.6 Å². The first kappa shape index (κ1) is 22.2. The molecule has 1 aliphatic heterocycles. The molecular weight excluding hydrogens is 432 g/mol. The Balaban J connectivity index is 1.80. The highest BCUT2D eigenvalue weighted by Gasteiger charge is 2.47. The molecule has 0 aliphatic carbocycles. The second kappa shape index (κ2) is 9.23. The molecule has 1 saturated heterocycles. The molecule has 4 rings (SSSR count). The van der Waals surface area contributed by atoms with Gasteiger partial charge in [-0.3, -0.25) is 9.59 Å². The first-order valence-corrected chi connectivity index (χ1v) is 10.2. The lowest BCUT2D eigenvalue weighted by atomic mass is 9.94. The lowest BCUT2D eigenvalue weighted by Gasteiger charge is -2.25. The van der Waals surface area contributed by atoms with Crippen molar-refractivity contribution in [3.8, 4) is 5.75 Å². The molecule has 9 heteroatoms. The summed E-state index contributed by atoms with van der Waals surface area (Å²) < 4.78 is 35.8. The number of ketones is 1. The van der Waals surface area contributed by atoms with Gasteiger partial charge in [0.05, 0.1) is 30.6 Å². The van der Waals surface area contributed by atoms with Crippen LogP contribution in [0.25, 0.3) is 5.76 Å². The van der Waals surface area contributed by atoms with Crippen molar-refractivity contribution in [3.05, 3.63) is 89.5 Å². The highest BCUT2D eigenvalue weighted by molar-refractivity contribution is 6.46. The third kappa shape index (κ3) is 4.21. The van der Waals surface area contributed by atoms with Crippen LogP contribution in [0.3, 0.4) is 0 Å². The molecule has 1 unspecified atom stereocenters. The van der Waals surface area contributed by atoms with Gasteiger partial charge in [-0.15, -0.1) is 0 Å². The van der Waals surface area contributed by atoms with Crippen molar-refractivity contribution in [2.45, 2.75) is 19.0 Å². The molecular formula is C24H21F2N3O4. The average Bonchev–Trinajstić information content (AvgIpc) is 3.41. The van der Waals surface area contributed by atoms with Gasteiger partial charge in [0.2, 0.25) is 0 Å². The molecule has 7 nitrogen and oxygen atoms in total. The molecule has 1 atom stereocenters. The molecule has 33 heavy (non-hydrogen) atoms. The second-order valence-electron chi connectivity index (χ2n) is 7.51. The van der Waals surface area contributed by atoms with Crippen LogP contribution in [0.5, 0.6) is 5.75 Å². The number of Topliss-reactive ketones (excluding diaryl/α,β-unsaturated/α-hetero) is 1. The molecule has 1 aromatic heterocycles. The van der Waals surface area contributed by atoms with E-state index in [0.29, 0.717) is 13.0 Å². The maximum atomic E-state index is 14.8. The Morgan fingerprint density at radius 3 is 2.64 bits per heavy atom. The lowest BCUT2D eigenvalue weighted by molar-refractivity contribution is -0.140. The minimum atomic E-state index is -1.18. The number of ether oxygens (including phenoxy) is 1. The zero-order valence-corrected chi connectivity index (χ0v) is 17.7. The molecule has 0 spiro atoms. The number of hydrogen-bond acceptors (Lipinski definition) is 5. The Labute approximate surface area is 188 Å². The quantitative estimate of drug-likeness (QED) is 0.335. The van der Waals surface area contributed by atoms with E-state index < -0.39 is 35.1 Å². The summed E-state index contributed by atoms with van der Waals surface area (Å²) in [5, 5.41) is 11.1. The van der Waals surface area contributed by atoms with Gasteiger partial charge in [0.25, 0.3) is 11.7 Å². The molecule has 0 radical (unpaired) electrons. The number of likely N-dealkylation sites (tertiary alicyclic amines) is 1. The summed E-state index contributed by atoms with van der Waals surface area (Å²) in [6.07, 6.45) is 5.47. The minimum absolute atomic E-state index is 0.0521. The maximum Gasteiger partial charge on any atom is 0.295 e. The van der Waals surface area contributed by atoms with Crippen LogP contribution >= 0.6 is 0 Å². The SMILES string of the molecule is COc1ccc(F)cc1/C(O)=C1\C(=O)C(=O)N(CCCn2ccnc2)C1c1ccccc1F. The molecule has 2 aromatic carbocycles. The third-order valence-corrected chi connectivity index (χ3v) is 5.53. The third-order valence-electron chi connectivity index (χ3n) is 5.53. The fourth-order valence-corrected chi connectivity index (χ4v) is 3.98. The van der Waals surface area contributed by atoms with Crippen molar-refractivity contribution in [1.82, 2.24) is 14.5 Å². The largest absolute Gasteiger partial charge is 0.507 e. The van der Waals surface area contributed by atoms with Gasteiger partial charge in [-0.2, -0.15) is 0 Å². The van der Waals surface area contributed by atoms with Crippen LogP contribution in [0.4, 0.5) is 8.78 Å². The molecule has 2 heterocycles. The van der Waals surface area contributed by atoms with Gasteiger partial charge in [-0.1, -0.05) is 18.2 Å². The van der Waals surface area contributed by atoms with E-state index >= 15 is 0 Å². The molecule has 170 valence electrons. The number of benzene rings is 2.